The molecule has 0 radical (unpaired) electrons. The van der Waals surface area contributed by atoms with Crippen LogP contribution in [0.3, 0.4) is 0 Å². The molecule has 0 saturated carbocycles. The van der Waals surface area contributed by atoms with Crippen molar-refractivity contribution >= 4 is 0 Å². The van der Waals surface area contributed by atoms with E-state index in [1.165, 1.54) is 37.8 Å². The van der Waals surface area contributed by atoms with Crippen LogP contribution in [-0.4, -0.2) is 36.6 Å². The Morgan fingerprint density at radius 3 is 2.42 bits per heavy atom. The van der Waals surface area contributed by atoms with Gasteiger partial charge in [0.1, 0.15) is 0 Å². The average Bonchev–Trinajstić information content (AvgIpc) is 2.78. The first-order valence-electron chi connectivity index (χ1n) is 7.73. The molecule has 2 bridgehead atoms. The van der Waals surface area contributed by atoms with E-state index in [9.17, 15) is 0 Å². The Kier molecular flexibility index (Phi) is 3.90. The van der Waals surface area contributed by atoms with Crippen LogP contribution in [0.5, 0.6) is 0 Å². The van der Waals surface area contributed by atoms with Gasteiger partial charge >= 0.3 is 0 Å². The van der Waals surface area contributed by atoms with E-state index < -0.39 is 0 Å². The van der Waals surface area contributed by atoms with Crippen LogP contribution in [0.4, 0.5) is 0 Å². The average molecular weight is 258 g/mol. The number of hydrogen-bond acceptors (Lipinski definition) is 2. The SMILES string of the molecule is CC(CN(C)C1CC2CCC(C1)N2)c1ccccc1. The van der Waals surface area contributed by atoms with Crippen molar-refractivity contribution in [3.8, 4) is 0 Å². The van der Waals surface area contributed by atoms with E-state index in [-0.39, 0.29) is 0 Å². The van der Waals surface area contributed by atoms with Crippen molar-refractivity contribution in [2.45, 2.75) is 56.7 Å². The zero-order chi connectivity index (χ0) is 13.2. The lowest BCUT2D eigenvalue weighted by molar-refractivity contribution is 0.166. The third-order valence-corrected chi connectivity index (χ3v) is 5.00. The maximum Gasteiger partial charge on any atom is 0.0122 e. The van der Waals surface area contributed by atoms with Gasteiger partial charge in [-0.1, -0.05) is 37.3 Å². The van der Waals surface area contributed by atoms with E-state index in [0.29, 0.717) is 5.92 Å². The van der Waals surface area contributed by atoms with Crippen LogP contribution in [0, 0.1) is 0 Å². The summed E-state index contributed by atoms with van der Waals surface area (Å²) in [5.41, 5.74) is 1.46. The molecule has 2 heteroatoms. The fourth-order valence-electron chi connectivity index (χ4n) is 3.86. The number of nitrogens with zero attached hydrogens (tertiary/aromatic N) is 1. The molecule has 1 N–H and O–H groups in total. The molecule has 0 aliphatic carbocycles. The Balaban J connectivity index is 1.57. The molecule has 0 aromatic heterocycles. The number of likely N-dealkylation sites (N-methyl/N-ethyl adjacent to an activating group) is 1. The van der Waals surface area contributed by atoms with Crippen LogP contribution in [0.1, 0.15) is 44.1 Å². The molecular formula is C17H26N2. The molecular weight excluding hydrogens is 232 g/mol. The van der Waals surface area contributed by atoms with Gasteiger partial charge in [0, 0.05) is 24.7 Å². The van der Waals surface area contributed by atoms with Crippen LogP contribution in [-0.2, 0) is 0 Å². The molecule has 19 heavy (non-hydrogen) atoms. The van der Waals surface area contributed by atoms with E-state index >= 15 is 0 Å². The molecule has 2 nitrogen and oxygen atoms in total. The molecule has 2 fully saturated rings. The first-order chi connectivity index (χ1) is 9.22. The predicted octanol–water partition coefficient (Wildman–Crippen LogP) is 3.00. The second kappa shape index (κ2) is 5.64. The molecule has 0 spiro atoms. The zero-order valence-electron chi connectivity index (χ0n) is 12.2. The molecule has 1 aromatic carbocycles. The van der Waals surface area contributed by atoms with Gasteiger partial charge < -0.3 is 10.2 Å². The number of hydrogen-bond donors (Lipinski definition) is 1. The standard InChI is InChI=1S/C17H26N2/c1-13(14-6-4-3-5-7-14)12-19(2)17-10-15-8-9-16(11-17)18-15/h3-7,13,15-18H,8-12H2,1-2H3. The monoisotopic (exact) mass is 258 g/mol. The lowest BCUT2D eigenvalue weighted by Gasteiger charge is -2.36. The fraction of sp³-hybridized carbons (Fsp3) is 0.647. The van der Waals surface area contributed by atoms with Gasteiger partial charge in [0.2, 0.25) is 0 Å². The summed E-state index contributed by atoms with van der Waals surface area (Å²) >= 11 is 0. The van der Waals surface area contributed by atoms with Gasteiger partial charge in [-0.3, -0.25) is 0 Å². The summed E-state index contributed by atoms with van der Waals surface area (Å²) in [7, 11) is 2.31. The van der Waals surface area contributed by atoms with Crippen molar-refractivity contribution in [3.63, 3.8) is 0 Å². The second-order valence-electron chi connectivity index (χ2n) is 6.51. The Bertz CT molecular complexity index is 391. The normalized spacial score (nSPS) is 31.6. The molecule has 2 saturated heterocycles. The molecule has 104 valence electrons. The number of piperidine rings is 1. The Morgan fingerprint density at radius 2 is 1.79 bits per heavy atom. The second-order valence-corrected chi connectivity index (χ2v) is 6.51. The van der Waals surface area contributed by atoms with Crippen molar-refractivity contribution in [2.24, 2.45) is 0 Å². The summed E-state index contributed by atoms with van der Waals surface area (Å²) < 4.78 is 0. The zero-order valence-corrected chi connectivity index (χ0v) is 12.2. The summed E-state index contributed by atoms with van der Waals surface area (Å²) in [6, 6.07) is 13.3. The minimum Gasteiger partial charge on any atom is -0.311 e. The van der Waals surface area contributed by atoms with Crippen molar-refractivity contribution < 1.29 is 0 Å². The van der Waals surface area contributed by atoms with Gasteiger partial charge in [-0.05, 0) is 44.2 Å². The van der Waals surface area contributed by atoms with Crippen molar-refractivity contribution in [3.05, 3.63) is 35.9 Å². The smallest absolute Gasteiger partial charge is 0.0122 e. The minimum absolute atomic E-state index is 0.624. The topological polar surface area (TPSA) is 15.3 Å². The van der Waals surface area contributed by atoms with Gasteiger partial charge in [-0.2, -0.15) is 0 Å². The van der Waals surface area contributed by atoms with E-state index in [0.717, 1.165) is 18.1 Å². The van der Waals surface area contributed by atoms with E-state index in [4.69, 9.17) is 0 Å². The Hall–Kier alpha value is -0.860. The quantitative estimate of drug-likeness (QED) is 0.893. The van der Waals surface area contributed by atoms with Crippen molar-refractivity contribution in [1.82, 2.24) is 10.2 Å². The molecule has 2 aliphatic heterocycles. The maximum atomic E-state index is 3.73. The first kappa shape index (κ1) is 13.1. The number of fused-ring (bicyclic) bond motifs is 2. The molecule has 0 amide bonds. The third kappa shape index (κ3) is 3.01. The number of nitrogens with one attached hydrogen (secondary N) is 1. The lowest BCUT2D eigenvalue weighted by atomic mass is 9.95. The van der Waals surface area contributed by atoms with Crippen LogP contribution >= 0.6 is 0 Å². The van der Waals surface area contributed by atoms with Crippen LogP contribution in [0.2, 0.25) is 0 Å². The van der Waals surface area contributed by atoms with Crippen LogP contribution < -0.4 is 5.32 Å². The minimum atomic E-state index is 0.624. The van der Waals surface area contributed by atoms with Crippen LogP contribution in [0.15, 0.2) is 30.3 Å². The maximum absolute atomic E-state index is 3.73. The van der Waals surface area contributed by atoms with E-state index in [1.807, 2.05) is 0 Å². The summed E-state index contributed by atoms with van der Waals surface area (Å²) in [6.45, 7) is 3.52. The third-order valence-electron chi connectivity index (χ3n) is 5.00. The van der Waals surface area contributed by atoms with Gasteiger partial charge in [-0.25, -0.2) is 0 Å². The van der Waals surface area contributed by atoms with E-state index in [2.05, 4.69) is 54.5 Å². The molecule has 3 rings (SSSR count). The Labute approximate surface area is 117 Å². The van der Waals surface area contributed by atoms with Gasteiger partial charge in [0.15, 0.2) is 0 Å². The molecule has 2 heterocycles. The Morgan fingerprint density at radius 1 is 1.16 bits per heavy atom. The van der Waals surface area contributed by atoms with Gasteiger partial charge in [0.25, 0.3) is 0 Å². The summed E-state index contributed by atoms with van der Waals surface area (Å²) in [6.07, 6.45) is 5.47. The summed E-state index contributed by atoms with van der Waals surface area (Å²) in [5, 5.41) is 3.73. The predicted molar refractivity (Wildman–Crippen MR) is 80.5 cm³/mol. The highest BCUT2D eigenvalue weighted by Crippen LogP contribution is 2.30. The lowest BCUT2D eigenvalue weighted by Crippen LogP contribution is -2.47. The van der Waals surface area contributed by atoms with Gasteiger partial charge in [0.05, 0.1) is 0 Å². The highest BCUT2D eigenvalue weighted by Gasteiger charge is 2.35. The molecule has 1 aromatic rings. The number of rotatable bonds is 4. The fourth-order valence-corrected chi connectivity index (χ4v) is 3.86. The first-order valence-corrected chi connectivity index (χ1v) is 7.73. The van der Waals surface area contributed by atoms with Crippen molar-refractivity contribution in [1.29, 1.82) is 0 Å². The van der Waals surface area contributed by atoms with E-state index in [1.54, 1.807) is 0 Å². The molecule has 3 atom stereocenters. The summed E-state index contributed by atoms with van der Waals surface area (Å²) in [4.78, 5) is 2.60. The van der Waals surface area contributed by atoms with Gasteiger partial charge in [-0.15, -0.1) is 0 Å². The highest BCUT2D eigenvalue weighted by atomic mass is 15.2. The molecule has 2 aliphatic rings. The highest BCUT2D eigenvalue weighted by molar-refractivity contribution is 5.19. The molecule has 3 unspecified atom stereocenters. The summed E-state index contributed by atoms with van der Waals surface area (Å²) in [5.74, 6) is 0.624. The number of benzene rings is 1. The van der Waals surface area contributed by atoms with Crippen LogP contribution in [0.25, 0.3) is 0 Å². The van der Waals surface area contributed by atoms with Crippen molar-refractivity contribution in [2.75, 3.05) is 13.6 Å². The largest absolute Gasteiger partial charge is 0.311 e.